The van der Waals surface area contributed by atoms with Crippen molar-refractivity contribution in [3.05, 3.63) is 82.1 Å². The topological polar surface area (TPSA) is 48.0 Å². The zero-order valence-electron chi connectivity index (χ0n) is 14.6. The molecule has 3 aromatic carbocycles. The first-order chi connectivity index (χ1) is 13.7. The first-order valence-electron chi connectivity index (χ1n) is 8.45. The van der Waals surface area contributed by atoms with Crippen molar-refractivity contribution in [1.82, 2.24) is 4.57 Å². The van der Waals surface area contributed by atoms with Crippen molar-refractivity contribution in [2.24, 2.45) is 5.73 Å². The number of benzene rings is 3. The largest absolute Gasteiger partial charge is 0.416 e. The minimum atomic E-state index is -4.60. The molecule has 0 atom stereocenters. The van der Waals surface area contributed by atoms with Crippen molar-refractivity contribution in [1.29, 1.82) is 0 Å². The summed E-state index contributed by atoms with van der Waals surface area (Å²) in [6, 6.07) is 13.2. The predicted octanol–water partition coefficient (Wildman–Crippen LogP) is 5.55. The lowest BCUT2D eigenvalue weighted by atomic mass is 10.1. The lowest BCUT2D eigenvalue weighted by molar-refractivity contribution is -0.137. The van der Waals surface area contributed by atoms with Gasteiger partial charge >= 0.3 is 6.18 Å². The Labute approximate surface area is 167 Å². The Balaban J connectivity index is 2.02. The molecule has 0 bridgehead atoms. The average Bonchev–Trinajstić information content (AvgIpc) is 2.97. The maximum absolute atomic E-state index is 14.4. The van der Waals surface area contributed by atoms with Crippen LogP contribution in [0.4, 0.5) is 17.6 Å². The highest BCUT2D eigenvalue weighted by Gasteiger charge is 2.31. The second kappa shape index (κ2) is 6.77. The number of halogens is 5. The molecular weight excluding hydrogens is 408 g/mol. The summed E-state index contributed by atoms with van der Waals surface area (Å²) in [5.74, 6) is -1.46. The third-order valence-corrected chi connectivity index (χ3v) is 5.05. The molecule has 147 valence electrons. The van der Waals surface area contributed by atoms with Gasteiger partial charge in [0.2, 0.25) is 5.91 Å². The normalized spacial score (nSPS) is 12.0. The van der Waals surface area contributed by atoms with Gasteiger partial charge in [0.05, 0.1) is 28.2 Å². The minimum Gasteiger partial charge on any atom is -0.366 e. The summed E-state index contributed by atoms with van der Waals surface area (Å²) < 4.78 is 55.2. The van der Waals surface area contributed by atoms with Crippen molar-refractivity contribution in [2.45, 2.75) is 12.7 Å². The van der Waals surface area contributed by atoms with E-state index in [2.05, 4.69) is 6.07 Å². The van der Waals surface area contributed by atoms with Gasteiger partial charge in [0, 0.05) is 21.9 Å². The molecule has 0 unspecified atom stereocenters. The number of rotatable bonds is 3. The van der Waals surface area contributed by atoms with Crippen molar-refractivity contribution in [3.8, 4) is 0 Å². The molecule has 8 heteroatoms. The van der Waals surface area contributed by atoms with Gasteiger partial charge in [-0.3, -0.25) is 4.79 Å². The number of nitrogens with zero attached hydrogens (tertiary/aromatic N) is 1. The molecule has 0 aliphatic heterocycles. The molecule has 2 N–H and O–H groups in total. The molecule has 1 radical (unpaired) electrons. The highest BCUT2D eigenvalue weighted by molar-refractivity contribution is 6.36. The Morgan fingerprint density at radius 2 is 1.93 bits per heavy atom. The van der Waals surface area contributed by atoms with E-state index in [1.54, 1.807) is 28.8 Å². The number of carbonyl (C=O) groups excluding carboxylic acids is 1. The number of carbonyl (C=O) groups is 1. The van der Waals surface area contributed by atoms with E-state index >= 15 is 0 Å². The highest BCUT2D eigenvalue weighted by atomic mass is 35.5. The molecule has 1 amide bonds. The van der Waals surface area contributed by atoms with Gasteiger partial charge in [-0.15, -0.1) is 0 Å². The molecule has 0 saturated heterocycles. The smallest absolute Gasteiger partial charge is 0.366 e. The number of nitrogens with two attached hydrogens (primary N) is 1. The van der Waals surface area contributed by atoms with Gasteiger partial charge in [0.25, 0.3) is 0 Å². The molecule has 1 aromatic heterocycles. The Bertz CT molecular complexity index is 1280. The van der Waals surface area contributed by atoms with Crippen LogP contribution < -0.4 is 5.73 Å². The molecule has 1 heterocycles. The second-order valence-electron chi connectivity index (χ2n) is 6.50. The number of fused-ring (bicyclic) bond motifs is 3. The fourth-order valence-electron chi connectivity index (χ4n) is 3.48. The summed E-state index contributed by atoms with van der Waals surface area (Å²) in [6.07, 6.45) is -4.60. The van der Waals surface area contributed by atoms with Crippen LogP contribution in [-0.2, 0) is 12.7 Å². The average molecular weight is 420 g/mol. The van der Waals surface area contributed by atoms with Gasteiger partial charge in [-0.05, 0) is 42.5 Å². The van der Waals surface area contributed by atoms with Crippen LogP contribution in [0.1, 0.15) is 21.5 Å². The predicted molar refractivity (Wildman–Crippen MR) is 102 cm³/mol. The van der Waals surface area contributed by atoms with Gasteiger partial charge in [-0.1, -0.05) is 23.7 Å². The molecule has 0 aliphatic carbocycles. The van der Waals surface area contributed by atoms with Crippen molar-refractivity contribution >= 4 is 39.3 Å². The summed E-state index contributed by atoms with van der Waals surface area (Å²) in [7, 11) is 0. The van der Waals surface area contributed by atoms with Crippen LogP contribution in [0.3, 0.4) is 0 Å². The van der Waals surface area contributed by atoms with Crippen LogP contribution in [0.25, 0.3) is 21.8 Å². The van der Waals surface area contributed by atoms with Gasteiger partial charge in [-0.2, -0.15) is 13.2 Å². The molecular formula is C21H12ClF4N2O. The van der Waals surface area contributed by atoms with E-state index in [-0.39, 0.29) is 22.7 Å². The van der Waals surface area contributed by atoms with E-state index in [0.29, 0.717) is 27.9 Å². The first kappa shape index (κ1) is 19.3. The van der Waals surface area contributed by atoms with Crippen molar-refractivity contribution < 1.29 is 22.4 Å². The number of aromatic nitrogens is 1. The zero-order valence-corrected chi connectivity index (χ0v) is 15.4. The monoisotopic (exact) mass is 419 g/mol. The van der Waals surface area contributed by atoms with Gasteiger partial charge in [0.1, 0.15) is 5.82 Å². The van der Waals surface area contributed by atoms with Crippen LogP contribution >= 0.6 is 11.6 Å². The fraction of sp³-hybridized carbons (Fsp3) is 0.0952. The summed E-state index contributed by atoms with van der Waals surface area (Å²) in [5.41, 5.74) is 5.49. The lowest BCUT2D eigenvalue weighted by Crippen LogP contribution is -2.11. The number of hydrogen-bond donors (Lipinski definition) is 1. The maximum atomic E-state index is 14.4. The Kier molecular flexibility index (Phi) is 4.50. The SMILES string of the molecule is NC(=O)c1cccc2c1c1[c]ccc(Cl)c1n2Cc1cc(C(F)(F)F)ccc1F. The molecule has 0 spiro atoms. The number of primary amides is 1. The Hall–Kier alpha value is -3.06. The van der Waals surface area contributed by atoms with Crippen LogP contribution in [0, 0.1) is 11.9 Å². The third kappa shape index (κ3) is 3.21. The van der Waals surface area contributed by atoms with E-state index in [4.69, 9.17) is 17.3 Å². The zero-order chi connectivity index (χ0) is 20.9. The number of hydrogen-bond acceptors (Lipinski definition) is 1. The van der Waals surface area contributed by atoms with Crippen molar-refractivity contribution in [2.75, 3.05) is 0 Å². The Morgan fingerprint density at radius 3 is 2.62 bits per heavy atom. The van der Waals surface area contributed by atoms with E-state index in [0.717, 1.165) is 12.1 Å². The van der Waals surface area contributed by atoms with Crippen LogP contribution in [0.5, 0.6) is 0 Å². The van der Waals surface area contributed by atoms with Crippen LogP contribution in [0.15, 0.2) is 48.5 Å². The highest BCUT2D eigenvalue weighted by Crippen LogP contribution is 2.36. The molecule has 4 rings (SSSR count). The first-order valence-corrected chi connectivity index (χ1v) is 8.83. The van der Waals surface area contributed by atoms with Crippen LogP contribution in [0.2, 0.25) is 5.02 Å². The van der Waals surface area contributed by atoms with E-state index in [1.807, 2.05) is 0 Å². The Morgan fingerprint density at radius 1 is 1.17 bits per heavy atom. The fourth-order valence-corrected chi connectivity index (χ4v) is 3.74. The van der Waals surface area contributed by atoms with E-state index < -0.39 is 23.5 Å². The molecule has 0 fully saturated rings. The molecule has 0 saturated carbocycles. The molecule has 3 nitrogen and oxygen atoms in total. The molecule has 4 aromatic rings. The standard InChI is InChI=1S/C21H12ClF4N2O/c22-15-5-1-3-13-18-14(20(27)29)4-2-6-17(18)28(19(13)15)10-11-9-12(21(24,25)26)7-8-16(11)23/h1-2,4-9H,10H2,(H2,27,29). The van der Waals surface area contributed by atoms with Gasteiger partial charge < -0.3 is 10.3 Å². The summed E-state index contributed by atoms with van der Waals surface area (Å²) >= 11 is 6.34. The minimum absolute atomic E-state index is 0.164. The quantitative estimate of drug-likeness (QED) is 0.435. The summed E-state index contributed by atoms with van der Waals surface area (Å²) in [6.45, 7) is -0.227. The second-order valence-corrected chi connectivity index (χ2v) is 6.91. The molecule has 0 aliphatic rings. The van der Waals surface area contributed by atoms with E-state index in [9.17, 15) is 22.4 Å². The molecule has 29 heavy (non-hydrogen) atoms. The van der Waals surface area contributed by atoms with Gasteiger partial charge in [0.15, 0.2) is 0 Å². The van der Waals surface area contributed by atoms with Crippen LogP contribution in [-0.4, -0.2) is 10.5 Å². The summed E-state index contributed by atoms with van der Waals surface area (Å²) in [4.78, 5) is 11.9. The van der Waals surface area contributed by atoms with E-state index in [1.165, 1.54) is 6.07 Å². The van der Waals surface area contributed by atoms with Gasteiger partial charge in [-0.25, -0.2) is 4.39 Å². The third-order valence-electron chi connectivity index (χ3n) is 4.74. The number of amides is 1. The summed E-state index contributed by atoms with van der Waals surface area (Å²) in [5, 5.41) is 1.23. The lowest BCUT2D eigenvalue weighted by Gasteiger charge is -2.13. The maximum Gasteiger partial charge on any atom is 0.416 e. The van der Waals surface area contributed by atoms with Crippen molar-refractivity contribution in [3.63, 3.8) is 0 Å². The number of alkyl halides is 3.